The van der Waals surface area contributed by atoms with Gasteiger partial charge in [0.15, 0.2) is 15.9 Å². The van der Waals surface area contributed by atoms with Crippen molar-refractivity contribution in [3.8, 4) is 11.4 Å². The van der Waals surface area contributed by atoms with Crippen molar-refractivity contribution in [2.45, 2.75) is 81.8 Å². The number of carbonyl (C=O) groups is 1. The first-order valence-electron chi connectivity index (χ1n) is 14.1. The van der Waals surface area contributed by atoms with Crippen molar-refractivity contribution in [1.29, 1.82) is 0 Å². The molecule has 0 saturated heterocycles. The van der Waals surface area contributed by atoms with Crippen molar-refractivity contribution in [3.63, 3.8) is 0 Å². The molecule has 5 rings (SSSR count). The Labute approximate surface area is 264 Å². The third kappa shape index (κ3) is 12.7. The molecule has 2 aromatic rings. The number of hydrogen-bond acceptors (Lipinski definition) is 8. The molecule has 0 radical (unpaired) electrons. The van der Waals surface area contributed by atoms with Gasteiger partial charge in [-0.2, -0.15) is 13.2 Å². The molecule has 2 N–H and O–H groups in total. The second-order valence-corrected chi connectivity index (χ2v) is 11.5. The molecule has 2 saturated carbocycles. The third-order valence-corrected chi connectivity index (χ3v) is 7.51. The van der Waals surface area contributed by atoms with Gasteiger partial charge in [-0.15, -0.1) is 0 Å². The van der Waals surface area contributed by atoms with Gasteiger partial charge in [0.2, 0.25) is 0 Å². The van der Waals surface area contributed by atoms with Crippen molar-refractivity contribution >= 4 is 15.9 Å². The van der Waals surface area contributed by atoms with E-state index in [1.165, 1.54) is 64.2 Å². The Hall–Kier alpha value is -2.85. The van der Waals surface area contributed by atoms with Crippen LogP contribution in [-0.4, -0.2) is 46.3 Å². The van der Waals surface area contributed by atoms with E-state index in [2.05, 4.69) is 20.6 Å². The van der Waals surface area contributed by atoms with Crippen LogP contribution in [0.25, 0.3) is 11.4 Å². The van der Waals surface area contributed by atoms with Crippen molar-refractivity contribution < 1.29 is 51.4 Å². The first kappa shape index (κ1) is 36.3. The van der Waals surface area contributed by atoms with E-state index in [9.17, 15) is 18.0 Å². The van der Waals surface area contributed by atoms with Crippen LogP contribution in [0.1, 0.15) is 64.2 Å². The molecule has 0 atom stereocenters. The van der Waals surface area contributed by atoms with Crippen molar-refractivity contribution in [2.24, 2.45) is 0 Å². The molecule has 238 valence electrons. The van der Waals surface area contributed by atoms with Gasteiger partial charge in [-0.25, -0.2) is 8.42 Å². The predicted molar refractivity (Wildman–Crippen MR) is 154 cm³/mol. The maximum atomic E-state index is 12.2. The first-order valence-corrected chi connectivity index (χ1v) is 15.5. The summed E-state index contributed by atoms with van der Waals surface area (Å²) in [5, 5.41) is 7.33. The van der Waals surface area contributed by atoms with Gasteiger partial charge in [-0.1, -0.05) is 62.8 Å². The Morgan fingerprint density at radius 2 is 1.19 bits per heavy atom. The van der Waals surface area contributed by atoms with E-state index in [0.29, 0.717) is 12.1 Å². The van der Waals surface area contributed by atoms with Gasteiger partial charge in [-0.3, -0.25) is 14.8 Å². The maximum absolute atomic E-state index is 12.2. The number of aromatic nitrogens is 2. The maximum Gasteiger partial charge on any atom is 0.485 e. The number of ketones is 1. The van der Waals surface area contributed by atoms with Gasteiger partial charge in [0, 0.05) is 44.9 Å². The molecule has 0 bridgehead atoms. The van der Waals surface area contributed by atoms with Crippen LogP contribution < -0.4 is 10.6 Å². The van der Waals surface area contributed by atoms with Crippen LogP contribution in [0.2, 0.25) is 0 Å². The fraction of sp³-hybridized carbons (Fsp3) is 0.433. The summed E-state index contributed by atoms with van der Waals surface area (Å²) >= 11 is 0. The monoisotopic (exact) mass is 711 g/mol. The van der Waals surface area contributed by atoms with Gasteiger partial charge in [0.05, 0.1) is 17.0 Å². The summed E-state index contributed by atoms with van der Waals surface area (Å²) in [4.78, 5) is 20.6. The summed E-state index contributed by atoms with van der Waals surface area (Å²) in [6.45, 7) is 0. The van der Waals surface area contributed by atoms with Crippen LogP contribution in [0.15, 0.2) is 84.5 Å². The Morgan fingerprint density at radius 3 is 1.53 bits per heavy atom. The Bertz CT molecular complexity index is 1270. The van der Waals surface area contributed by atoms with Crippen LogP contribution in [-0.2, 0) is 35.3 Å². The third-order valence-electron chi connectivity index (χ3n) is 6.94. The second kappa shape index (κ2) is 18.1. The molecular weight excluding hydrogens is 676 g/mol. The number of pyridine rings is 2. The van der Waals surface area contributed by atoms with E-state index in [4.69, 9.17) is 13.0 Å². The zero-order chi connectivity index (χ0) is 30.4. The fourth-order valence-electron chi connectivity index (χ4n) is 4.80. The summed E-state index contributed by atoms with van der Waals surface area (Å²) in [5.41, 5.74) is -3.01. The average Bonchev–Trinajstić information content (AvgIpc) is 2.99. The summed E-state index contributed by atoms with van der Waals surface area (Å²) < 4.78 is 58.9. The first-order chi connectivity index (χ1) is 20.0. The van der Waals surface area contributed by atoms with Crippen LogP contribution in [0.5, 0.6) is 0 Å². The summed E-state index contributed by atoms with van der Waals surface area (Å²) in [6.07, 6.45) is 23.7. The summed E-state index contributed by atoms with van der Waals surface area (Å²) in [5.74, 6) is 1.09. The van der Waals surface area contributed by atoms with Gasteiger partial charge in [-0.05, 0) is 62.1 Å². The molecule has 0 spiro atoms. The van der Waals surface area contributed by atoms with E-state index in [1.807, 2.05) is 54.6 Å². The minimum atomic E-state index is -6.09. The number of allylic oxidation sites excluding steroid dienone is 5. The molecule has 2 heterocycles. The quantitative estimate of drug-likeness (QED) is 0.169. The zero-order valence-electron chi connectivity index (χ0n) is 23.5. The number of carbonyl (C=O) groups excluding carboxylic acids is 1. The Morgan fingerprint density at radius 1 is 0.767 bits per heavy atom. The van der Waals surface area contributed by atoms with E-state index in [0.717, 1.165) is 22.8 Å². The van der Waals surface area contributed by atoms with Gasteiger partial charge in [0.25, 0.3) is 0 Å². The molecule has 13 heteroatoms. The molecular formula is C30H36F3N4O4PdS-. The van der Waals surface area contributed by atoms with Crippen LogP contribution >= 0.6 is 0 Å². The smallest absolute Gasteiger partial charge is 0.485 e. The molecule has 0 unspecified atom stereocenters. The SMILES string of the molecule is O=C1C=CC=CC1=C(NC1CCCCC1)NC1CCCCC1.O=S(=O)([O-])C(F)(F)F.[Pd].c1ccc(-c2ccccn2)nc1. The minimum Gasteiger partial charge on any atom is -0.741 e. The minimum absolute atomic E-state index is 0. The van der Waals surface area contributed by atoms with Crippen LogP contribution in [0, 0.1) is 0 Å². The summed E-state index contributed by atoms with van der Waals surface area (Å²) in [7, 11) is -6.09. The Balaban J connectivity index is 0.000000258. The number of nitrogens with one attached hydrogen (secondary N) is 2. The molecule has 0 aliphatic heterocycles. The molecule has 2 fully saturated rings. The molecule has 8 nitrogen and oxygen atoms in total. The standard InChI is InChI=1S/C19H28N2O.C10H8N2.CHF3O3S.Pd/c22-18-14-8-7-13-17(18)19(20-15-9-3-1-4-10-15)21-16-11-5-2-6-12-16;1-3-7-11-9(5-1)10-6-2-4-8-12-10;2-1(3,4)8(5,6)7;/h7-8,13-16,20-21H,1-6,9-12H2;1-8H;(H,5,6,7);/p-1. The van der Waals surface area contributed by atoms with Gasteiger partial charge >= 0.3 is 5.51 Å². The van der Waals surface area contributed by atoms with Crippen molar-refractivity contribution in [2.75, 3.05) is 0 Å². The number of alkyl halides is 3. The molecule has 0 amide bonds. The molecule has 3 aliphatic rings. The predicted octanol–water partition coefficient (Wildman–Crippen LogP) is 5.93. The van der Waals surface area contributed by atoms with Gasteiger partial charge < -0.3 is 15.2 Å². The van der Waals surface area contributed by atoms with E-state index >= 15 is 0 Å². The number of rotatable bonds is 5. The second-order valence-electron chi connectivity index (χ2n) is 10.2. The fourth-order valence-corrected chi connectivity index (χ4v) is 4.80. The normalized spacial score (nSPS) is 17.4. The molecule has 43 heavy (non-hydrogen) atoms. The van der Waals surface area contributed by atoms with Crippen molar-refractivity contribution in [3.05, 3.63) is 84.5 Å². The molecule has 3 aliphatic carbocycles. The average molecular weight is 712 g/mol. The number of nitrogens with zero attached hydrogens (tertiary/aromatic N) is 2. The number of halogens is 3. The zero-order valence-corrected chi connectivity index (χ0v) is 25.9. The molecule has 2 aromatic heterocycles. The topological polar surface area (TPSA) is 124 Å². The van der Waals surface area contributed by atoms with Crippen LogP contribution in [0.4, 0.5) is 13.2 Å². The van der Waals surface area contributed by atoms with E-state index < -0.39 is 15.6 Å². The molecule has 0 aromatic carbocycles. The summed E-state index contributed by atoms with van der Waals surface area (Å²) in [6, 6.07) is 12.6. The van der Waals surface area contributed by atoms with E-state index in [1.54, 1.807) is 18.5 Å². The number of hydrogen-bond donors (Lipinski definition) is 2. The van der Waals surface area contributed by atoms with E-state index in [-0.39, 0.29) is 26.2 Å². The van der Waals surface area contributed by atoms with Gasteiger partial charge in [0.1, 0.15) is 5.82 Å². The Kier molecular flexibility index (Phi) is 15.3. The van der Waals surface area contributed by atoms with Crippen molar-refractivity contribution in [1.82, 2.24) is 20.6 Å². The largest absolute Gasteiger partial charge is 0.741 e. The van der Waals surface area contributed by atoms with Crippen LogP contribution in [0.3, 0.4) is 0 Å².